The molecule has 12 aromatic rings. The zero-order valence-corrected chi connectivity index (χ0v) is 29.2. The van der Waals surface area contributed by atoms with Crippen molar-refractivity contribution in [3.8, 4) is 33.6 Å². The van der Waals surface area contributed by atoms with Gasteiger partial charge in [-0.2, -0.15) is 0 Å². The number of furan rings is 2. The normalized spacial score (nSPS) is 12.2. The molecular formula is C50H28O2S. The van der Waals surface area contributed by atoms with Crippen molar-refractivity contribution < 1.29 is 8.83 Å². The Bertz CT molecular complexity index is 3380. The van der Waals surface area contributed by atoms with Crippen molar-refractivity contribution >= 4 is 96.7 Å². The number of thiophene rings is 1. The van der Waals surface area contributed by atoms with E-state index in [0.29, 0.717) is 0 Å². The molecule has 2 nitrogen and oxygen atoms in total. The maximum atomic E-state index is 6.79. The number of hydrogen-bond acceptors (Lipinski definition) is 3. The fraction of sp³-hybridized carbons (Fsp3) is 0. The third-order valence-corrected chi connectivity index (χ3v) is 12.3. The van der Waals surface area contributed by atoms with Crippen LogP contribution in [0, 0.1) is 0 Å². The molecule has 12 rings (SSSR count). The largest absolute Gasteiger partial charge is 0.456 e. The number of rotatable bonds is 3. The molecule has 246 valence electrons. The van der Waals surface area contributed by atoms with E-state index in [-0.39, 0.29) is 0 Å². The highest BCUT2D eigenvalue weighted by atomic mass is 32.1. The zero-order valence-electron chi connectivity index (χ0n) is 28.4. The molecule has 0 N–H and O–H groups in total. The first-order valence-corrected chi connectivity index (χ1v) is 18.8. The van der Waals surface area contributed by atoms with Crippen LogP contribution in [0.2, 0.25) is 0 Å². The van der Waals surface area contributed by atoms with E-state index in [9.17, 15) is 0 Å². The molecule has 0 fully saturated rings. The maximum absolute atomic E-state index is 6.79. The Hall–Kier alpha value is -6.68. The second-order valence-electron chi connectivity index (χ2n) is 13.9. The van der Waals surface area contributed by atoms with Gasteiger partial charge in [-0.05, 0) is 91.0 Å². The molecule has 0 saturated heterocycles. The number of hydrogen-bond donors (Lipinski definition) is 0. The van der Waals surface area contributed by atoms with Gasteiger partial charge in [-0.1, -0.05) is 133 Å². The van der Waals surface area contributed by atoms with Crippen molar-refractivity contribution in [2.45, 2.75) is 0 Å². The molecule has 3 aromatic heterocycles. The Morgan fingerprint density at radius 2 is 0.925 bits per heavy atom. The molecule has 3 heteroatoms. The van der Waals surface area contributed by atoms with Gasteiger partial charge in [0.25, 0.3) is 0 Å². The summed E-state index contributed by atoms with van der Waals surface area (Å²) in [6.07, 6.45) is 0. The molecule has 0 aliphatic rings. The molecule has 0 aliphatic carbocycles. The molecule has 3 heterocycles. The Morgan fingerprint density at radius 1 is 0.358 bits per heavy atom. The summed E-state index contributed by atoms with van der Waals surface area (Å²) >= 11 is 1.81. The fourth-order valence-corrected chi connectivity index (χ4v) is 10.0. The standard InChI is InChI=1S/C50H28O2S/c1-9-21-42-29(12-1)28-44(51-42)32-24-25-38(31-14-3-2-13-30(31)32)46-34-16-4-6-18-36(34)47(37-19-7-5-17-35(37)46)40-20-11-22-43-48(40)41-27-26-39-33-15-8-10-23-45(33)53-50(39)49(41)52-43/h1-28H. The maximum Gasteiger partial charge on any atom is 0.153 e. The second-order valence-corrected chi connectivity index (χ2v) is 14.9. The summed E-state index contributed by atoms with van der Waals surface area (Å²) in [6.45, 7) is 0. The van der Waals surface area contributed by atoms with Crippen molar-refractivity contribution in [3.05, 3.63) is 170 Å². The van der Waals surface area contributed by atoms with E-state index < -0.39 is 0 Å². The van der Waals surface area contributed by atoms with Crippen LogP contribution in [0.15, 0.2) is 179 Å². The van der Waals surface area contributed by atoms with Crippen LogP contribution in [0.1, 0.15) is 0 Å². The molecule has 9 aromatic carbocycles. The van der Waals surface area contributed by atoms with Gasteiger partial charge in [0, 0.05) is 37.2 Å². The summed E-state index contributed by atoms with van der Waals surface area (Å²) in [5.41, 5.74) is 8.73. The minimum atomic E-state index is 0.882. The molecule has 0 unspecified atom stereocenters. The smallest absolute Gasteiger partial charge is 0.153 e. The molecule has 0 atom stereocenters. The molecule has 0 spiro atoms. The van der Waals surface area contributed by atoms with Gasteiger partial charge in [0.2, 0.25) is 0 Å². The lowest BCUT2D eigenvalue weighted by atomic mass is 9.83. The average molecular weight is 693 g/mol. The summed E-state index contributed by atoms with van der Waals surface area (Å²) < 4.78 is 15.7. The summed E-state index contributed by atoms with van der Waals surface area (Å²) in [6, 6.07) is 61.2. The van der Waals surface area contributed by atoms with Crippen LogP contribution < -0.4 is 0 Å². The Morgan fingerprint density at radius 3 is 1.66 bits per heavy atom. The molecule has 53 heavy (non-hydrogen) atoms. The SMILES string of the molecule is c1ccc2oc(-c3ccc(-c4c5ccccc5c(-c5cccc6oc7c(ccc8c9ccccc9sc87)c56)c5ccccc45)c4ccccc34)cc2c1. The van der Waals surface area contributed by atoms with E-state index in [2.05, 4.69) is 158 Å². The van der Waals surface area contributed by atoms with Crippen LogP contribution in [-0.2, 0) is 0 Å². The van der Waals surface area contributed by atoms with E-state index in [4.69, 9.17) is 8.83 Å². The van der Waals surface area contributed by atoms with Gasteiger partial charge in [0.05, 0.1) is 4.70 Å². The van der Waals surface area contributed by atoms with E-state index in [1.807, 2.05) is 23.5 Å². The van der Waals surface area contributed by atoms with Gasteiger partial charge < -0.3 is 8.83 Å². The van der Waals surface area contributed by atoms with Crippen molar-refractivity contribution in [2.24, 2.45) is 0 Å². The van der Waals surface area contributed by atoms with Crippen LogP contribution in [0.5, 0.6) is 0 Å². The van der Waals surface area contributed by atoms with Crippen molar-refractivity contribution in [2.75, 3.05) is 0 Å². The van der Waals surface area contributed by atoms with Crippen LogP contribution in [-0.4, -0.2) is 0 Å². The predicted molar refractivity (Wildman–Crippen MR) is 225 cm³/mol. The number of benzene rings is 9. The molecule has 0 saturated carbocycles. The summed E-state index contributed by atoms with van der Waals surface area (Å²) in [5.74, 6) is 0.882. The van der Waals surface area contributed by atoms with Gasteiger partial charge in [-0.25, -0.2) is 0 Å². The Kier molecular flexibility index (Phi) is 5.96. The van der Waals surface area contributed by atoms with Crippen LogP contribution in [0.3, 0.4) is 0 Å². The third kappa shape index (κ3) is 4.08. The average Bonchev–Trinajstić information content (AvgIpc) is 3.93. The van der Waals surface area contributed by atoms with Gasteiger partial charge in [0.15, 0.2) is 5.58 Å². The fourth-order valence-electron chi connectivity index (χ4n) is 8.83. The molecular weight excluding hydrogens is 665 g/mol. The number of para-hydroxylation sites is 1. The molecule has 0 amide bonds. The lowest BCUT2D eigenvalue weighted by Crippen LogP contribution is -1.92. The van der Waals surface area contributed by atoms with Gasteiger partial charge in [0.1, 0.15) is 16.9 Å². The monoisotopic (exact) mass is 692 g/mol. The topological polar surface area (TPSA) is 26.3 Å². The first-order chi connectivity index (χ1) is 26.3. The highest BCUT2D eigenvalue weighted by Gasteiger charge is 2.23. The van der Waals surface area contributed by atoms with Gasteiger partial charge >= 0.3 is 0 Å². The molecule has 0 bridgehead atoms. The van der Waals surface area contributed by atoms with E-state index in [0.717, 1.165) is 44.2 Å². The third-order valence-electron chi connectivity index (χ3n) is 11.1. The zero-order chi connectivity index (χ0) is 34.6. The second kappa shape index (κ2) is 10.9. The Labute approximate surface area is 307 Å². The predicted octanol–water partition coefficient (Wildman–Crippen LogP) is 15.2. The number of fused-ring (bicyclic) bond motifs is 11. The molecule has 0 radical (unpaired) electrons. The first-order valence-electron chi connectivity index (χ1n) is 18.0. The van der Waals surface area contributed by atoms with Crippen molar-refractivity contribution in [1.29, 1.82) is 0 Å². The summed E-state index contributed by atoms with van der Waals surface area (Å²) in [5, 5.41) is 13.2. The van der Waals surface area contributed by atoms with Crippen LogP contribution >= 0.6 is 11.3 Å². The lowest BCUT2D eigenvalue weighted by Gasteiger charge is -2.19. The van der Waals surface area contributed by atoms with E-state index in [1.54, 1.807) is 0 Å². The van der Waals surface area contributed by atoms with Gasteiger partial charge in [-0.3, -0.25) is 0 Å². The minimum absolute atomic E-state index is 0.882. The highest BCUT2D eigenvalue weighted by molar-refractivity contribution is 7.26. The quantitative estimate of drug-likeness (QED) is 0.172. The van der Waals surface area contributed by atoms with Gasteiger partial charge in [-0.15, -0.1) is 11.3 Å². The minimum Gasteiger partial charge on any atom is -0.456 e. The van der Waals surface area contributed by atoms with Crippen LogP contribution in [0.25, 0.3) is 119 Å². The summed E-state index contributed by atoms with van der Waals surface area (Å²) in [7, 11) is 0. The highest BCUT2D eigenvalue weighted by Crippen LogP contribution is 2.50. The first kappa shape index (κ1) is 29.0. The van der Waals surface area contributed by atoms with Crippen LogP contribution in [0.4, 0.5) is 0 Å². The lowest BCUT2D eigenvalue weighted by molar-refractivity contribution is 0.632. The Balaban J connectivity index is 1.15. The van der Waals surface area contributed by atoms with Crippen molar-refractivity contribution in [1.82, 2.24) is 0 Å². The summed E-state index contributed by atoms with van der Waals surface area (Å²) in [4.78, 5) is 0. The molecule has 0 aliphatic heterocycles. The van der Waals surface area contributed by atoms with E-state index >= 15 is 0 Å². The van der Waals surface area contributed by atoms with E-state index in [1.165, 1.54) is 74.7 Å². The van der Waals surface area contributed by atoms with Crippen molar-refractivity contribution in [3.63, 3.8) is 0 Å².